The lowest BCUT2D eigenvalue weighted by Gasteiger charge is -2.03. The third-order valence-electron chi connectivity index (χ3n) is 1.59. The largest absolute Gasteiger partial charge is 0.506 e. The molecule has 0 heterocycles. The van der Waals surface area contributed by atoms with Gasteiger partial charge in [0.1, 0.15) is 5.75 Å². The summed E-state index contributed by atoms with van der Waals surface area (Å²) in [6, 6.07) is 3.43. The van der Waals surface area contributed by atoms with Gasteiger partial charge in [-0.25, -0.2) is 0 Å². The molecule has 1 aromatic carbocycles. The molecule has 16 heavy (non-hydrogen) atoms. The molecule has 0 spiro atoms. The lowest BCUT2D eigenvalue weighted by atomic mass is 10.1. The Bertz CT molecular complexity index is 333. The van der Waals surface area contributed by atoms with Gasteiger partial charge in [-0.3, -0.25) is 4.79 Å². The Morgan fingerprint density at radius 2 is 1.62 bits per heavy atom. The zero-order valence-corrected chi connectivity index (χ0v) is 12.5. The third kappa shape index (κ3) is 5.31. The van der Waals surface area contributed by atoms with Crippen LogP contribution in [0.3, 0.4) is 0 Å². The number of hydrogen-bond acceptors (Lipinski definition) is 2. The summed E-state index contributed by atoms with van der Waals surface area (Å²) < 4.78 is 0.563. The van der Waals surface area contributed by atoms with Gasteiger partial charge in [-0.05, 0) is 47.5 Å². The first-order chi connectivity index (χ1) is 7.52. The van der Waals surface area contributed by atoms with E-state index in [1.165, 1.54) is 6.92 Å². The summed E-state index contributed by atoms with van der Waals surface area (Å²) >= 11 is 3.16. The number of rotatable bonds is 1. The Balaban J connectivity index is 0. The van der Waals surface area contributed by atoms with Gasteiger partial charge in [0, 0.05) is 0 Å². The Hall–Kier alpha value is -0.830. The molecule has 0 aliphatic rings. The van der Waals surface area contributed by atoms with Gasteiger partial charge in [-0.1, -0.05) is 27.7 Å². The van der Waals surface area contributed by atoms with Crippen molar-refractivity contribution in [2.75, 3.05) is 0 Å². The van der Waals surface area contributed by atoms with Crippen LogP contribution < -0.4 is 0 Å². The van der Waals surface area contributed by atoms with E-state index in [1.807, 2.05) is 34.6 Å². The van der Waals surface area contributed by atoms with Crippen molar-refractivity contribution in [2.45, 2.75) is 41.5 Å². The SMILES string of the molecule is CC.CC.CC(=O)c1cc(C)cc(Br)c1O. The number of phenols is 1. The zero-order valence-electron chi connectivity index (χ0n) is 10.9. The molecule has 92 valence electrons. The van der Waals surface area contributed by atoms with Crippen LogP contribution >= 0.6 is 15.9 Å². The van der Waals surface area contributed by atoms with E-state index in [1.54, 1.807) is 12.1 Å². The number of hydrogen-bond donors (Lipinski definition) is 1. The molecule has 1 rings (SSSR count). The Labute approximate surface area is 107 Å². The molecule has 1 N–H and O–H groups in total. The lowest BCUT2D eigenvalue weighted by molar-refractivity contribution is 0.101. The first kappa shape index (κ1) is 17.6. The molecular weight excluding hydrogens is 268 g/mol. The summed E-state index contributed by atoms with van der Waals surface area (Å²) in [4.78, 5) is 11.0. The minimum Gasteiger partial charge on any atom is -0.506 e. The molecule has 0 atom stereocenters. The molecule has 0 aliphatic carbocycles. The number of halogens is 1. The van der Waals surface area contributed by atoms with Crippen molar-refractivity contribution in [3.8, 4) is 5.75 Å². The van der Waals surface area contributed by atoms with E-state index < -0.39 is 0 Å². The summed E-state index contributed by atoms with van der Waals surface area (Å²) in [5, 5.41) is 9.42. The Morgan fingerprint density at radius 1 is 1.19 bits per heavy atom. The van der Waals surface area contributed by atoms with E-state index in [2.05, 4.69) is 15.9 Å². The van der Waals surface area contributed by atoms with Crippen LogP contribution in [0.5, 0.6) is 5.75 Å². The molecule has 0 unspecified atom stereocenters. The minimum absolute atomic E-state index is 0.0214. The summed E-state index contributed by atoms with van der Waals surface area (Å²) in [6.45, 7) is 11.3. The fourth-order valence-electron chi connectivity index (χ4n) is 1.00. The summed E-state index contributed by atoms with van der Waals surface area (Å²) in [7, 11) is 0. The van der Waals surface area contributed by atoms with E-state index in [9.17, 15) is 9.90 Å². The van der Waals surface area contributed by atoms with Crippen molar-refractivity contribution in [2.24, 2.45) is 0 Å². The van der Waals surface area contributed by atoms with Crippen molar-refractivity contribution in [1.82, 2.24) is 0 Å². The van der Waals surface area contributed by atoms with E-state index in [0.717, 1.165) is 5.56 Å². The summed E-state index contributed by atoms with van der Waals surface area (Å²) in [6.07, 6.45) is 0. The van der Waals surface area contributed by atoms with E-state index >= 15 is 0 Å². The standard InChI is InChI=1S/C9H9BrO2.2C2H6/c1-5-3-7(6(2)11)9(12)8(10)4-5;2*1-2/h3-4,12H,1-2H3;2*1-2H3. The zero-order chi connectivity index (χ0) is 13.3. The topological polar surface area (TPSA) is 37.3 Å². The van der Waals surface area contributed by atoms with Gasteiger partial charge in [-0.15, -0.1) is 0 Å². The van der Waals surface area contributed by atoms with Gasteiger partial charge in [0.2, 0.25) is 0 Å². The van der Waals surface area contributed by atoms with Crippen molar-refractivity contribution < 1.29 is 9.90 Å². The van der Waals surface area contributed by atoms with Gasteiger partial charge in [0.25, 0.3) is 0 Å². The highest BCUT2D eigenvalue weighted by Crippen LogP contribution is 2.29. The van der Waals surface area contributed by atoms with E-state index in [-0.39, 0.29) is 11.5 Å². The van der Waals surface area contributed by atoms with Crippen molar-refractivity contribution in [3.63, 3.8) is 0 Å². The minimum atomic E-state index is -0.128. The van der Waals surface area contributed by atoms with Crippen LogP contribution in [0.15, 0.2) is 16.6 Å². The quantitative estimate of drug-likeness (QED) is 0.760. The monoisotopic (exact) mass is 288 g/mol. The molecule has 0 radical (unpaired) electrons. The second kappa shape index (κ2) is 9.40. The number of ketones is 1. The van der Waals surface area contributed by atoms with Gasteiger partial charge in [-0.2, -0.15) is 0 Å². The maximum atomic E-state index is 11.0. The molecule has 0 bridgehead atoms. The van der Waals surface area contributed by atoms with Crippen molar-refractivity contribution >= 4 is 21.7 Å². The van der Waals surface area contributed by atoms with Crippen molar-refractivity contribution in [3.05, 3.63) is 27.7 Å². The van der Waals surface area contributed by atoms with Gasteiger partial charge >= 0.3 is 0 Å². The maximum Gasteiger partial charge on any atom is 0.163 e. The fourth-order valence-corrected chi connectivity index (χ4v) is 1.58. The maximum absolute atomic E-state index is 11.0. The first-order valence-corrected chi connectivity index (χ1v) is 6.31. The molecule has 1 aromatic rings. The summed E-state index contributed by atoms with van der Waals surface area (Å²) in [5.74, 6) is -0.106. The predicted molar refractivity (Wildman–Crippen MR) is 73.2 cm³/mol. The van der Waals surface area contributed by atoms with Crippen LogP contribution in [0.25, 0.3) is 0 Å². The highest BCUT2D eigenvalue weighted by molar-refractivity contribution is 9.10. The van der Waals surface area contributed by atoms with Crippen LogP contribution in [0.1, 0.15) is 50.5 Å². The van der Waals surface area contributed by atoms with Crippen LogP contribution in [0.2, 0.25) is 0 Å². The van der Waals surface area contributed by atoms with Crippen molar-refractivity contribution in [1.29, 1.82) is 0 Å². The number of aryl methyl sites for hydroxylation is 1. The van der Waals surface area contributed by atoms with Crippen LogP contribution in [-0.4, -0.2) is 10.9 Å². The van der Waals surface area contributed by atoms with E-state index in [0.29, 0.717) is 10.0 Å². The second-order valence-electron chi connectivity index (χ2n) is 2.70. The molecule has 0 fully saturated rings. The number of benzene rings is 1. The molecule has 0 saturated carbocycles. The van der Waals surface area contributed by atoms with Gasteiger partial charge in [0.05, 0.1) is 10.0 Å². The molecule has 3 heteroatoms. The second-order valence-corrected chi connectivity index (χ2v) is 3.55. The van der Waals surface area contributed by atoms with Gasteiger partial charge in [0.15, 0.2) is 5.78 Å². The average Bonchev–Trinajstić information content (AvgIpc) is 2.28. The number of aromatic hydroxyl groups is 1. The normalized spacial score (nSPS) is 8.19. The number of phenolic OH excluding ortho intramolecular Hbond substituents is 1. The number of carbonyl (C=O) groups excluding carboxylic acids is 1. The summed E-state index contributed by atoms with van der Waals surface area (Å²) in [5.41, 5.74) is 1.31. The molecule has 2 nitrogen and oxygen atoms in total. The fraction of sp³-hybridized carbons (Fsp3) is 0.462. The Kier molecular flexibility index (Phi) is 10.3. The first-order valence-electron chi connectivity index (χ1n) is 5.52. The average molecular weight is 289 g/mol. The van der Waals surface area contributed by atoms with Gasteiger partial charge < -0.3 is 5.11 Å². The molecule has 0 amide bonds. The van der Waals surface area contributed by atoms with E-state index in [4.69, 9.17) is 0 Å². The molecule has 0 aromatic heterocycles. The smallest absolute Gasteiger partial charge is 0.163 e. The third-order valence-corrected chi connectivity index (χ3v) is 2.19. The highest BCUT2D eigenvalue weighted by Gasteiger charge is 2.09. The number of carbonyl (C=O) groups is 1. The molecular formula is C13H21BrO2. The lowest BCUT2D eigenvalue weighted by Crippen LogP contribution is -1.93. The Morgan fingerprint density at radius 3 is 2.00 bits per heavy atom. The molecule has 0 saturated heterocycles. The molecule has 0 aliphatic heterocycles. The van der Waals surface area contributed by atoms with Crippen LogP contribution in [0.4, 0.5) is 0 Å². The van der Waals surface area contributed by atoms with Crippen LogP contribution in [-0.2, 0) is 0 Å². The predicted octanol–water partition coefficient (Wildman–Crippen LogP) is 4.72. The number of Topliss-reactive ketones (excluding diaryl/α,β-unsaturated/α-hetero) is 1. The highest BCUT2D eigenvalue weighted by atomic mass is 79.9. The van der Waals surface area contributed by atoms with Crippen LogP contribution in [0, 0.1) is 6.92 Å².